The van der Waals surface area contributed by atoms with Gasteiger partial charge in [-0.2, -0.15) is 0 Å². The predicted octanol–water partition coefficient (Wildman–Crippen LogP) is 3.18. The van der Waals surface area contributed by atoms with E-state index in [2.05, 4.69) is 58.2 Å². The van der Waals surface area contributed by atoms with Crippen molar-refractivity contribution in [2.24, 2.45) is 4.99 Å². The normalized spacial score (nSPS) is 16.6. The van der Waals surface area contributed by atoms with Crippen molar-refractivity contribution in [2.75, 3.05) is 18.4 Å². The lowest BCUT2D eigenvalue weighted by Crippen LogP contribution is -2.40. The average Bonchev–Trinajstić information content (AvgIpc) is 2.65. The Kier molecular flexibility index (Phi) is 5.89. The molecule has 0 bridgehead atoms. The summed E-state index contributed by atoms with van der Waals surface area (Å²) in [5, 5.41) is 9.61. The molecule has 0 spiro atoms. The van der Waals surface area contributed by atoms with Crippen LogP contribution in [-0.4, -0.2) is 25.0 Å². The maximum Gasteiger partial charge on any atom is 0.225 e. The summed E-state index contributed by atoms with van der Waals surface area (Å²) in [6.45, 7) is 6.21. The van der Waals surface area contributed by atoms with E-state index < -0.39 is 0 Å². The molecule has 26 heavy (non-hydrogen) atoms. The zero-order valence-corrected chi connectivity index (χ0v) is 15.4. The van der Waals surface area contributed by atoms with Gasteiger partial charge >= 0.3 is 0 Å². The Hall–Kier alpha value is -2.82. The van der Waals surface area contributed by atoms with E-state index in [-0.39, 0.29) is 11.8 Å². The third-order valence-electron chi connectivity index (χ3n) is 4.51. The summed E-state index contributed by atoms with van der Waals surface area (Å²) in [6.07, 6.45) is 0.487. The van der Waals surface area contributed by atoms with Gasteiger partial charge in [0.1, 0.15) is 0 Å². The highest BCUT2D eigenvalue weighted by molar-refractivity contribution is 5.94. The SMILES string of the molecule is CCNC(=NCc1ccc(C)cc1)NCC1CC(=O)Nc2ccccc21. The van der Waals surface area contributed by atoms with Gasteiger partial charge in [-0.05, 0) is 31.0 Å². The van der Waals surface area contributed by atoms with Crippen LogP contribution in [0.2, 0.25) is 0 Å². The molecule has 0 saturated carbocycles. The second-order valence-electron chi connectivity index (χ2n) is 6.60. The Morgan fingerprint density at radius 1 is 1.15 bits per heavy atom. The third-order valence-corrected chi connectivity index (χ3v) is 4.51. The van der Waals surface area contributed by atoms with Gasteiger partial charge in [-0.15, -0.1) is 0 Å². The maximum absolute atomic E-state index is 12.0. The monoisotopic (exact) mass is 350 g/mol. The van der Waals surface area contributed by atoms with E-state index in [1.165, 1.54) is 16.7 Å². The molecule has 0 fully saturated rings. The number of carbonyl (C=O) groups is 1. The number of amides is 1. The fourth-order valence-electron chi connectivity index (χ4n) is 3.11. The summed E-state index contributed by atoms with van der Waals surface area (Å²) in [7, 11) is 0. The van der Waals surface area contributed by atoms with Crippen LogP contribution in [0.3, 0.4) is 0 Å². The number of benzene rings is 2. The second kappa shape index (κ2) is 8.52. The summed E-state index contributed by atoms with van der Waals surface area (Å²) in [5.41, 5.74) is 4.51. The fourth-order valence-corrected chi connectivity index (χ4v) is 3.11. The Bertz CT molecular complexity index is 783. The van der Waals surface area contributed by atoms with E-state index in [0.29, 0.717) is 19.5 Å². The van der Waals surface area contributed by atoms with E-state index in [1.54, 1.807) is 0 Å². The largest absolute Gasteiger partial charge is 0.357 e. The quantitative estimate of drug-likeness (QED) is 0.573. The molecule has 0 aliphatic carbocycles. The van der Waals surface area contributed by atoms with Crippen LogP contribution in [0.25, 0.3) is 0 Å². The molecule has 1 atom stereocenters. The number of aliphatic imine (C=N–C) groups is 1. The third kappa shape index (κ3) is 4.63. The van der Waals surface area contributed by atoms with Crippen LogP contribution in [0.1, 0.15) is 36.0 Å². The number of guanidine groups is 1. The molecule has 5 heteroatoms. The molecule has 1 amide bonds. The van der Waals surface area contributed by atoms with Gasteiger partial charge in [-0.25, -0.2) is 4.99 Å². The number of fused-ring (bicyclic) bond motifs is 1. The predicted molar refractivity (Wildman–Crippen MR) is 106 cm³/mol. The van der Waals surface area contributed by atoms with Crippen LogP contribution in [0.15, 0.2) is 53.5 Å². The zero-order valence-electron chi connectivity index (χ0n) is 15.4. The summed E-state index contributed by atoms with van der Waals surface area (Å²) in [5.74, 6) is 0.983. The van der Waals surface area contributed by atoms with E-state index >= 15 is 0 Å². The number of rotatable bonds is 5. The fraction of sp³-hybridized carbons (Fsp3) is 0.333. The number of carbonyl (C=O) groups excluding carboxylic acids is 1. The molecular formula is C21H26N4O. The molecule has 3 rings (SSSR count). The zero-order chi connectivity index (χ0) is 18.4. The number of anilines is 1. The molecule has 1 aliphatic heterocycles. The van der Waals surface area contributed by atoms with E-state index in [9.17, 15) is 4.79 Å². The Morgan fingerprint density at radius 3 is 2.69 bits per heavy atom. The summed E-state index contributed by atoms with van der Waals surface area (Å²) in [6, 6.07) is 16.4. The van der Waals surface area contributed by atoms with Gasteiger partial charge in [0.05, 0.1) is 6.54 Å². The molecular weight excluding hydrogens is 324 g/mol. The van der Waals surface area contributed by atoms with Gasteiger partial charge in [0, 0.05) is 31.1 Å². The van der Waals surface area contributed by atoms with Gasteiger partial charge in [0.2, 0.25) is 5.91 Å². The summed E-state index contributed by atoms with van der Waals surface area (Å²) in [4.78, 5) is 16.6. The van der Waals surface area contributed by atoms with E-state index in [0.717, 1.165) is 18.2 Å². The summed E-state index contributed by atoms with van der Waals surface area (Å²) >= 11 is 0. The molecule has 136 valence electrons. The lowest BCUT2D eigenvalue weighted by molar-refractivity contribution is -0.116. The smallest absolute Gasteiger partial charge is 0.225 e. The van der Waals surface area contributed by atoms with Crippen LogP contribution in [-0.2, 0) is 11.3 Å². The number of nitrogens with one attached hydrogen (secondary N) is 3. The molecule has 2 aromatic rings. The van der Waals surface area contributed by atoms with Crippen molar-refractivity contribution in [3.8, 4) is 0 Å². The van der Waals surface area contributed by atoms with Crippen LogP contribution < -0.4 is 16.0 Å². The average molecular weight is 350 g/mol. The first-order valence-corrected chi connectivity index (χ1v) is 9.12. The minimum atomic E-state index is 0.0668. The molecule has 0 radical (unpaired) electrons. The standard InChI is InChI=1S/C21H26N4O/c1-3-22-21(23-13-16-10-8-15(2)9-11-16)24-14-17-12-20(26)25-19-7-5-4-6-18(17)19/h4-11,17H,3,12-14H2,1-2H3,(H,25,26)(H2,22,23,24). The lowest BCUT2D eigenvalue weighted by atomic mass is 9.90. The molecule has 5 nitrogen and oxygen atoms in total. The lowest BCUT2D eigenvalue weighted by Gasteiger charge is -2.26. The highest BCUT2D eigenvalue weighted by atomic mass is 16.1. The van der Waals surface area contributed by atoms with Gasteiger partial charge in [0.15, 0.2) is 5.96 Å². The molecule has 3 N–H and O–H groups in total. The Morgan fingerprint density at radius 2 is 1.92 bits per heavy atom. The number of nitrogens with zero attached hydrogens (tertiary/aromatic N) is 1. The molecule has 0 saturated heterocycles. The van der Waals surface area contributed by atoms with E-state index in [4.69, 9.17) is 0 Å². The summed E-state index contributed by atoms with van der Waals surface area (Å²) < 4.78 is 0. The van der Waals surface area contributed by atoms with E-state index in [1.807, 2.05) is 25.1 Å². The van der Waals surface area contributed by atoms with Crippen molar-refractivity contribution in [1.29, 1.82) is 0 Å². The van der Waals surface area contributed by atoms with Gasteiger partial charge in [0.25, 0.3) is 0 Å². The van der Waals surface area contributed by atoms with Crippen molar-refractivity contribution in [3.05, 3.63) is 65.2 Å². The van der Waals surface area contributed by atoms with Crippen LogP contribution in [0.4, 0.5) is 5.69 Å². The molecule has 1 unspecified atom stereocenters. The van der Waals surface area contributed by atoms with Crippen LogP contribution in [0.5, 0.6) is 0 Å². The number of hydrogen-bond acceptors (Lipinski definition) is 2. The van der Waals surface area contributed by atoms with Gasteiger partial charge < -0.3 is 16.0 Å². The van der Waals surface area contributed by atoms with Crippen molar-refractivity contribution in [1.82, 2.24) is 10.6 Å². The molecule has 2 aromatic carbocycles. The van der Waals surface area contributed by atoms with Gasteiger partial charge in [-0.3, -0.25) is 4.79 Å². The minimum absolute atomic E-state index is 0.0668. The maximum atomic E-state index is 12.0. The van der Waals surface area contributed by atoms with Crippen molar-refractivity contribution in [2.45, 2.75) is 32.7 Å². The second-order valence-corrected chi connectivity index (χ2v) is 6.60. The molecule has 1 aliphatic rings. The highest BCUT2D eigenvalue weighted by Gasteiger charge is 2.24. The molecule has 0 aromatic heterocycles. The Balaban J connectivity index is 1.66. The topological polar surface area (TPSA) is 65.5 Å². The van der Waals surface area contributed by atoms with Gasteiger partial charge in [-0.1, -0.05) is 48.0 Å². The van der Waals surface area contributed by atoms with Crippen LogP contribution in [0, 0.1) is 6.92 Å². The first-order valence-electron chi connectivity index (χ1n) is 9.12. The molecule has 1 heterocycles. The minimum Gasteiger partial charge on any atom is -0.357 e. The first-order chi connectivity index (χ1) is 12.7. The highest BCUT2D eigenvalue weighted by Crippen LogP contribution is 2.31. The Labute approximate surface area is 154 Å². The number of aryl methyl sites for hydroxylation is 1. The van der Waals surface area contributed by atoms with Crippen LogP contribution >= 0.6 is 0 Å². The van der Waals surface area contributed by atoms with Crippen molar-refractivity contribution in [3.63, 3.8) is 0 Å². The van der Waals surface area contributed by atoms with Crippen molar-refractivity contribution < 1.29 is 4.79 Å². The number of hydrogen-bond donors (Lipinski definition) is 3. The first kappa shape index (κ1) is 18.0. The van der Waals surface area contributed by atoms with Crippen molar-refractivity contribution >= 4 is 17.6 Å². The number of para-hydroxylation sites is 1.